The maximum Gasteiger partial charge on any atom is 0.0594 e. The standard InChI is InChI=1S/C11H23N3O/c1-13-3-2-10(8-13)11(12)9-14-4-6-15-7-5-14/h10-11H,2-9,12H2,1H3. The third kappa shape index (κ3) is 3.14. The van der Waals surface area contributed by atoms with Gasteiger partial charge in [0.1, 0.15) is 0 Å². The predicted molar refractivity (Wildman–Crippen MR) is 60.8 cm³/mol. The van der Waals surface area contributed by atoms with Gasteiger partial charge in [-0.05, 0) is 25.9 Å². The van der Waals surface area contributed by atoms with E-state index in [9.17, 15) is 0 Å². The highest BCUT2D eigenvalue weighted by Crippen LogP contribution is 2.17. The van der Waals surface area contributed by atoms with Crippen molar-refractivity contribution in [2.24, 2.45) is 11.7 Å². The molecule has 4 nitrogen and oxygen atoms in total. The highest BCUT2D eigenvalue weighted by Gasteiger charge is 2.26. The highest BCUT2D eigenvalue weighted by molar-refractivity contribution is 4.84. The van der Waals surface area contributed by atoms with E-state index < -0.39 is 0 Å². The van der Waals surface area contributed by atoms with Gasteiger partial charge in [0.15, 0.2) is 0 Å². The van der Waals surface area contributed by atoms with E-state index in [1.807, 2.05) is 0 Å². The number of rotatable bonds is 3. The van der Waals surface area contributed by atoms with Gasteiger partial charge in [0.2, 0.25) is 0 Å². The van der Waals surface area contributed by atoms with Crippen LogP contribution in [0.3, 0.4) is 0 Å². The maximum atomic E-state index is 6.26. The lowest BCUT2D eigenvalue weighted by Gasteiger charge is -2.31. The molecule has 88 valence electrons. The summed E-state index contributed by atoms with van der Waals surface area (Å²) in [7, 11) is 2.18. The number of morpholine rings is 1. The second-order valence-electron chi connectivity index (χ2n) is 4.89. The zero-order valence-electron chi connectivity index (χ0n) is 9.69. The molecule has 2 N–H and O–H groups in total. The minimum Gasteiger partial charge on any atom is -0.379 e. The molecule has 2 fully saturated rings. The molecule has 0 saturated carbocycles. The van der Waals surface area contributed by atoms with E-state index in [1.54, 1.807) is 0 Å². The number of likely N-dealkylation sites (tertiary alicyclic amines) is 1. The maximum absolute atomic E-state index is 6.26. The quantitative estimate of drug-likeness (QED) is 0.692. The number of ether oxygens (including phenoxy) is 1. The SMILES string of the molecule is CN1CCC(C(N)CN2CCOCC2)C1. The van der Waals surface area contributed by atoms with Crippen LogP contribution in [0.2, 0.25) is 0 Å². The van der Waals surface area contributed by atoms with E-state index in [0.29, 0.717) is 12.0 Å². The first-order chi connectivity index (χ1) is 7.25. The van der Waals surface area contributed by atoms with E-state index in [-0.39, 0.29) is 0 Å². The molecule has 2 atom stereocenters. The normalized spacial score (nSPS) is 32.0. The molecule has 0 aromatic rings. The van der Waals surface area contributed by atoms with Crippen LogP contribution >= 0.6 is 0 Å². The predicted octanol–water partition coefficient (Wildman–Crippen LogP) is -0.402. The van der Waals surface area contributed by atoms with Crippen LogP contribution in [0, 0.1) is 5.92 Å². The van der Waals surface area contributed by atoms with Crippen molar-refractivity contribution < 1.29 is 4.74 Å². The molecule has 0 radical (unpaired) electrons. The highest BCUT2D eigenvalue weighted by atomic mass is 16.5. The van der Waals surface area contributed by atoms with Crippen LogP contribution in [0.5, 0.6) is 0 Å². The summed E-state index contributed by atoms with van der Waals surface area (Å²) in [6.45, 7) is 7.27. The first kappa shape index (κ1) is 11.3. The zero-order chi connectivity index (χ0) is 10.7. The van der Waals surface area contributed by atoms with E-state index in [4.69, 9.17) is 10.5 Å². The van der Waals surface area contributed by atoms with Crippen LogP contribution in [0.1, 0.15) is 6.42 Å². The average Bonchev–Trinajstić information content (AvgIpc) is 2.66. The molecule has 15 heavy (non-hydrogen) atoms. The van der Waals surface area contributed by atoms with Crippen LogP contribution in [-0.2, 0) is 4.74 Å². The molecule has 2 aliphatic rings. The molecular weight excluding hydrogens is 190 g/mol. The Balaban J connectivity index is 1.73. The Labute approximate surface area is 92.4 Å². The number of nitrogens with two attached hydrogens (primary N) is 1. The molecule has 0 aromatic carbocycles. The fourth-order valence-electron chi connectivity index (χ4n) is 2.55. The number of hydrogen-bond donors (Lipinski definition) is 1. The number of nitrogens with zero attached hydrogens (tertiary/aromatic N) is 2. The van der Waals surface area contributed by atoms with Gasteiger partial charge in [-0.25, -0.2) is 0 Å². The van der Waals surface area contributed by atoms with Gasteiger partial charge in [-0.15, -0.1) is 0 Å². The molecule has 4 heteroatoms. The monoisotopic (exact) mass is 213 g/mol. The third-order valence-corrected chi connectivity index (χ3v) is 3.61. The third-order valence-electron chi connectivity index (χ3n) is 3.61. The van der Waals surface area contributed by atoms with E-state index >= 15 is 0 Å². The minimum atomic E-state index is 0.341. The molecule has 0 aliphatic carbocycles. The summed E-state index contributed by atoms with van der Waals surface area (Å²) < 4.78 is 5.33. The van der Waals surface area contributed by atoms with Gasteiger partial charge in [-0.2, -0.15) is 0 Å². The molecule has 2 unspecified atom stereocenters. The Morgan fingerprint density at radius 2 is 2.07 bits per heavy atom. The minimum absolute atomic E-state index is 0.341. The fourth-order valence-corrected chi connectivity index (χ4v) is 2.55. The van der Waals surface area contributed by atoms with Gasteiger partial charge in [0.25, 0.3) is 0 Å². The molecule has 2 saturated heterocycles. The Bertz CT molecular complexity index is 194. The van der Waals surface area contributed by atoms with Crippen molar-refractivity contribution in [3.63, 3.8) is 0 Å². The van der Waals surface area contributed by atoms with Gasteiger partial charge in [-0.3, -0.25) is 4.90 Å². The lowest BCUT2D eigenvalue weighted by atomic mass is 9.99. The summed E-state index contributed by atoms with van der Waals surface area (Å²) in [4.78, 5) is 4.82. The van der Waals surface area contributed by atoms with Crippen LogP contribution in [0.4, 0.5) is 0 Å². The summed E-state index contributed by atoms with van der Waals surface area (Å²) in [5.74, 6) is 0.692. The van der Waals surface area contributed by atoms with Gasteiger partial charge in [0, 0.05) is 32.2 Å². The Morgan fingerprint density at radius 1 is 1.33 bits per heavy atom. The molecular formula is C11H23N3O. The van der Waals surface area contributed by atoms with Crippen molar-refractivity contribution in [1.29, 1.82) is 0 Å². The van der Waals surface area contributed by atoms with Crippen molar-refractivity contribution in [3.05, 3.63) is 0 Å². The molecule has 2 rings (SSSR count). The first-order valence-electron chi connectivity index (χ1n) is 6.00. The first-order valence-corrected chi connectivity index (χ1v) is 6.00. The van der Waals surface area contributed by atoms with Gasteiger partial charge < -0.3 is 15.4 Å². The molecule has 0 aromatic heterocycles. The van der Waals surface area contributed by atoms with Gasteiger partial charge in [-0.1, -0.05) is 0 Å². The van der Waals surface area contributed by atoms with Crippen LogP contribution in [0.15, 0.2) is 0 Å². The number of hydrogen-bond acceptors (Lipinski definition) is 4. The van der Waals surface area contributed by atoms with E-state index in [0.717, 1.165) is 32.8 Å². The zero-order valence-corrected chi connectivity index (χ0v) is 9.69. The molecule has 0 spiro atoms. The molecule has 0 bridgehead atoms. The lowest BCUT2D eigenvalue weighted by molar-refractivity contribution is 0.0327. The smallest absolute Gasteiger partial charge is 0.0594 e. The Morgan fingerprint density at radius 3 is 2.67 bits per heavy atom. The van der Waals surface area contributed by atoms with Crippen molar-refractivity contribution in [2.45, 2.75) is 12.5 Å². The second-order valence-corrected chi connectivity index (χ2v) is 4.89. The Hall–Kier alpha value is -0.160. The summed E-state index contributed by atoms with van der Waals surface area (Å²) in [5, 5.41) is 0. The fraction of sp³-hybridized carbons (Fsp3) is 1.00. The summed E-state index contributed by atoms with van der Waals surface area (Å²) in [5.41, 5.74) is 6.26. The topological polar surface area (TPSA) is 41.7 Å². The second kappa shape index (κ2) is 5.25. The van der Waals surface area contributed by atoms with Crippen molar-refractivity contribution in [1.82, 2.24) is 9.80 Å². The molecule has 2 heterocycles. The van der Waals surface area contributed by atoms with Crippen LogP contribution in [-0.4, -0.2) is 68.8 Å². The van der Waals surface area contributed by atoms with Crippen molar-refractivity contribution >= 4 is 0 Å². The largest absolute Gasteiger partial charge is 0.379 e. The van der Waals surface area contributed by atoms with Crippen molar-refractivity contribution in [2.75, 3.05) is 53.0 Å². The lowest BCUT2D eigenvalue weighted by Crippen LogP contribution is -2.47. The molecule has 0 amide bonds. The molecule has 2 aliphatic heterocycles. The van der Waals surface area contributed by atoms with E-state index in [2.05, 4.69) is 16.8 Å². The summed E-state index contributed by atoms with van der Waals surface area (Å²) in [6.07, 6.45) is 1.27. The Kier molecular flexibility index (Phi) is 3.97. The van der Waals surface area contributed by atoms with Gasteiger partial charge >= 0.3 is 0 Å². The average molecular weight is 213 g/mol. The van der Waals surface area contributed by atoms with E-state index in [1.165, 1.54) is 19.5 Å². The van der Waals surface area contributed by atoms with Crippen molar-refractivity contribution in [3.8, 4) is 0 Å². The summed E-state index contributed by atoms with van der Waals surface area (Å²) in [6, 6.07) is 0.341. The van der Waals surface area contributed by atoms with Gasteiger partial charge in [0.05, 0.1) is 13.2 Å². The van der Waals surface area contributed by atoms with Crippen LogP contribution < -0.4 is 5.73 Å². The van der Waals surface area contributed by atoms with Crippen LogP contribution in [0.25, 0.3) is 0 Å². The summed E-state index contributed by atoms with van der Waals surface area (Å²) >= 11 is 0.